The molecule has 138 valence electrons. The van der Waals surface area contributed by atoms with Gasteiger partial charge in [-0.1, -0.05) is 27.5 Å². The van der Waals surface area contributed by atoms with Crippen LogP contribution in [0.25, 0.3) is 5.69 Å². The van der Waals surface area contributed by atoms with E-state index >= 15 is 0 Å². The summed E-state index contributed by atoms with van der Waals surface area (Å²) in [4.78, 5) is 19.0. The van der Waals surface area contributed by atoms with Crippen LogP contribution in [0, 0.1) is 17.5 Å². The number of aryl methyl sites for hydroxylation is 1. The number of aromatic hydroxyl groups is 1. The molecule has 1 aromatic heterocycles. The fraction of sp³-hybridized carbons (Fsp3) is 0.0556. The maximum Gasteiger partial charge on any atom is 0.264 e. The molecule has 0 fully saturated rings. The van der Waals surface area contributed by atoms with Gasteiger partial charge in [-0.2, -0.15) is 0 Å². The van der Waals surface area contributed by atoms with Crippen LogP contribution >= 0.6 is 39.7 Å². The van der Waals surface area contributed by atoms with Crippen LogP contribution in [0.2, 0.25) is 5.02 Å². The molecule has 27 heavy (non-hydrogen) atoms. The van der Waals surface area contributed by atoms with Crippen molar-refractivity contribution in [1.29, 1.82) is 0 Å². The van der Waals surface area contributed by atoms with Gasteiger partial charge < -0.3 is 5.11 Å². The second-order valence-electron chi connectivity index (χ2n) is 5.62. The summed E-state index contributed by atoms with van der Waals surface area (Å²) in [5.41, 5.74) is 1.13. The summed E-state index contributed by atoms with van der Waals surface area (Å²) in [6, 6.07) is 9.29. The van der Waals surface area contributed by atoms with Crippen molar-refractivity contribution in [2.75, 3.05) is 0 Å². The number of rotatable bonds is 3. The Labute approximate surface area is 171 Å². The molecule has 3 aromatic rings. The molecule has 2 aromatic carbocycles. The first-order chi connectivity index (χ1) is 12.8. The molecule has 0 aliphatic heterocycles. The minimum absolute atomic E-state index is 0.0582. The Morgan fingerprint density at radius 2 is 2.07 bits per heavy atom. The van der Waals surface area contributed by atoms with Gasteiger partial charge in [0.05, 0.1) is 16.4 Å². The van der Waals surface area contributed by atoms with Gasteiger partial charge in [0.1, 0.15) is 11.4 Å². The molecule has 5 nitrogen and oxygen atoms in total. The molecule has 0 saturated heterocycles. The molecular formula is C18H12BrClFN3O2S. The smallest absolute Gasteiger partial charge is 0.264 e. The SMILES string of the molecule is Cc1cc(Br)ccc1N=Cc1c(O)n(-c2ccc(F)c(Cl)c2)c(=S)[nH]c1=O. The predicted molar refractivity (Wildman–Crippen MR) is 110 cm³/mol. The summed E-state index contributed by atoms with van der Waals surface area (Å²) in [6.07, 6.45) is 1.25. The van der Waals surface area contributed by atoms with Crippen LogP contribution in [0.4, 0.5) is 10.1 Å². The number of nitrogens with zero attached hydrogens (tertiary/aromatic N) is 2. The topological polar surface area (TPSA) is 70.4 Å². The summed E-state index contributed by atoms with van der Waals surface area (Å²) >= 11 is 14.3. The maximum atomic E-state index is 13.4. The Morgan fingerprint density at radius 1 is 1.33 bits per heavy atom. The van der Waals surface area contributed by atoms with Crippen LogP contribution in [0.1, 0.15) is 11.1 Å². The van der Waals surface area contributed by atoms with Gasteiger partial charge in [-0.25, -0.2) is 4.39 Å². The number of aromatic nitrogens is 2. The fourth-order valence-electron chi connectivity index (χ4n) is 2.42. The largest absolute Gasteiger partial charge is 0.494 e. The Bertz CT molecular complexity index is 1190. The molecule has 0 radical (unpaired) electrons. The van der Waals surface area contributed by atoms with Crippen LogP contribution in [0.15, 0.2) is 50.7 Å². The molecular weight excluding hydrogens is 457 g/mol. The van der Waals surface area contributed by atoms with Gasteiger partial charge in [-0.05, 0) is 61.1 Å². The van der Waals surface area contributed by atoms with Crippen molar-refractivity contribution in [1.82, 2.24) is 9.55 Å². The third-order valence-corrected chi connectivity index (χ3v) is 4.84. The van der Waals surface area contributed by atoms with E-state index < -0.39 is 17.3 Å². The Kier molecular flexibility index (Phi) is 5.59. The molecule has 0 spiro atoms. The van der Waals surface area contributed by atoms with Crippen molar-refractivity contribution in [3.63, 3.8) is 0 Å². The van der Waals surface area contributed by atoms with Crippen molar-refractivity contribution >= 4 is 51.7 Å². The van der Waals surface area contributed by atoms with E-state index in [9.17, 15) is 14.3 Å². The first-order valence-corrected chi connectivity index (χ1v) is 9.20. The number of nitrogens with one attached hydrogen (secondary N) is 1. The van der Waals surface area contributed by atoms with Crippen molar-refractivity contribution < 1.29 is 9.50 Å². The lowest BCUT2D eigenvalue weighted by Gasteiger charge is -2.11. The molecule has 0 saturated carbocycles. The maximum absolute atomic E-state index is 13.4. The quantitative estimate of drug-likeness (QED) is 0.409. The lowest BCUT2D eigenvalue weighted by molar-refractivity contribution is 0.432. The van der Waals surface area contributed by atoms with E-state index in [0.717, 1.165) is 16.1 Å². The van der Waals surface area contributed by atoms with Crippen LogP contribution in [0.5, 0.6) is 5.88 Å². The summed E-state index contributed by atoms with van der Waals surface area (Å²) in [5.74, 6) is -1.03. The average Bonchev–Trinajstić information content (AvgIpc) is 2.59. The van der Waals surface area contributed by atoms with Crippen LogP contribution in [-0.4, -0.2) is 20.9 Å². The van der Waals surface area contributed by atoms with E-state index in [-0.39, 0.29) is 15.4 Å². The Balaban J connectivity index is 2.14. The first-order valence-electron chi connectivity index (χ1n) is 7.62. The van der Waals surface area contributed by atoms with Gasteiger partial charge in [-0.15, -0.1) is 0 Å². The summed E-state index contributed by atoms with van der Waals surface area (Å²) in [5, 5.41) is 10.5. The van der Waals surface area contributed by atoms with E-state index in [1.165, 1.54) is 22.9 Å². The zero-order valence-corrected chi connectivity index (χ0v) is 17.0. The van der Waals surface area contributed by atoms with E-state index in [2.05, 4.69) is 25.9 Å². The Hall–Kier alpha value is -2.29. The highest BCUT2D eigenvalue weighted by Crippen LogP contribution is 2.25. The van der Waals surface area contributed by atoms with Gasteiger partial charge in [0.2, 0.25) is 5.88 Å². The number of benzene rings is 2. The van der Waals surface area contributed by atoms with Crippen LogP contribution in [-0.2, 0) is 0 Å². The Morgan fingerprint density at radius 3 is 2.74 bits per heavy atom. The normalized spacial score (nSPS) is 11.3. The highest BCUT2D eigenvalue weighted by atomic mass is 79.9. The molecule has 0 unspecified atom stereocenters. The van der Waals surface area contributed by atoms with Gasteiger partial charge in [0.25, 0.3) is 5.56 Å². The van der Waals surface area contributed by atoms with E-state index in [1.54, 1.807) is 6.07 Å². The fourth-order valence-corrected chi connectivity index (χ4v) is 3.35. The molecule has 0 atom stereocenters. The standard InChI is InChI=1S/C18H12BrClFN3O2S/c1-9-6-10(19)2-5-15(9)22-8-12-16(25)23-18(27)24(17(12)26)11-3-4-14(21)13(20)7-11/h2-8,26H,1H3,(H,23,25,27). The minimum Gasteiger partial charge on any atom is -0.494 e. The lowest BCUT2D eigenvalue weighted by atomic mass is 10.2. The summed E-state index contributed by atoms with van der Waals surface area (Å²) < 4.78 is 15.4. The van der Waals surface area contributed by atoms with Gasteiger partial charge >= 0.3 is 0 Å². The molecule has 0 bridgehead atoms. The molecule has 0 aliphatic rings. The summed E-state index contributed by atoms with van der Waals surface area (Å²) in [6.45, 7) is 1.87. The molecule has 9 heteroatoms. The zero-order chi connectivity index (χ0) is 19.7. The van der Waals surface area contributed by atoms with Crippen molar-refractivity contribution in [2.24, 2.45) is 4.99 Å². The zero-order valence-electron chi connectivity index (χ0n) is 13.8. The van der Waals surface area contributed by atoms with Gasteiger partial charge in [0, 0.05) is 10.7 Å². The third-order valence-electron chi connectivity index (χ3n) is 3.77. The van der Waals surface area contributed by atoms with Gasteiger partial charge in [0.15, 0.2) is 4.77 Å². The highest BCUT2D eigenvalue weighted by Gasteiger charge is 2.14. The van der Waals surface area contributed by atoms with Crippen molar-refractivity contribution in [3.05, 3.63) is 78.0 Å². The van der Waals surface area contributed by atoms with E-state index in [0.29, 0.717) is 11.4 Å². The molecule has 0 amide bonds. The molecule has 2 N–H and O–H groups in total. The molecule has 0 aliphatic carbocycles. The monoisotopic (exact) mass is 467 g/mol. The molecule has 1 heterocycles. The average molecular weight is 469 g/mol. The van der Waals surface area contributed by atoms with Gasteiger partial charge in [-0.3, -0.25) is 19.3 Å². The number of halogens is 3. The molecule has 3 rings (SSSR count). The second kappa shape index (κ2) is 7.75. The first kappa shape index (κ1) is 19.5. The van der Waals surface area contributed by atoms with Crippen LogP contribution in [0.3, 0.4) is 0 Å². The second-order valence-corrected chi connectivity index (χ2v) is 7.33. The number of hydrogen-bond donors (Lipinski definition) is 2. The number of aliphatic imine (C=N–C) groups is 1. The number of hydrogen-bond acceptors (Lipinski definition) is 4. The van der Waals surface area contributed by atoms with Crippen molar-refractivity contribution in [3.8, 4) is 11.6 Å². The minimum atomic E-state index is -0.608. The van der Waals surface area contributed by atoms with Crippen molar-refractivity contribution in [2.45, 2.75) is 6.92 Å². The van der Waals surface area contributed by atoms with E-state index in [1.807, 2.05) is 19.1 Å². The van der Waals surface area contributed by atoms with Crippen LogP contribution < -0.4 is 5.56 Å². The number of H-pyrrole nitrogens is 1. The summed E-state index contributed by atoms with van der Waals surface area (Å²) in [7, 11) is 0. The number of aromatic amines is 1. The lowest BCUT2D eigenvalue weighted by Crippen LogP contribution is -2.18. The predicted octanol–water partition coefficient (Wildman–Crippen LogP) is 5.21. The highest BCUT2D eigenvalue weighted by molar-refractivity contribution is 9.10. The third kappa shape index (κ3) is 4.02. The van der Waals surface area contributed by atoms with E-state index in [4.69, 9.17) is 23.8 Å².